The lowest BCUT2D eigenvalue weighted by Crippen LogP contribution is -1.93. The number of carbonyl (C=O) groups is 1. The molecule has 0 aliphatic carbocycles. The molecule has 3 heteroatoms. The van der Waals surface area contributed by atoms with E-state index in [1.807, 2.05) is 0 Å². The standard InChI is InChI=1S/C7H9FO2/c1-5(2)3-4-6(8)7(9)10/h3-4H,1-2H3,(H,9,10)/b6-4-. The minimum Gasteiger partial charge on any atom is -0.476 e. The molecule has 0 bridgehead atoms. The van der Waals surface area contributed by atoms with Crippen LogP contribution in [0.4, 0.5) is 4.39 Å². The van der Waals surface area contributed by atoms with Gasteiger partial charge in [-0.2, -0.15) is 4.39 Å². The zero-order chi connectivity index (χ0) is 8.15. The Hall–Kier alpha value is -1.12. The number of rotatable bonds is 2. The summed E-state index contributed by atoms with van der Waals surface area (Å²) in [4.78, 5) is 9.84. The molecule has 0 saturated heterocycles. The van der Waals surface area contributed by atoms with E-state index in [1.54, 1.807) is 13.8 Å². The molecule has 0 amide bonds. The zero-order valence-electron chi connectivity index (χ0n) is 5.89. The van der Waals surface area contributed by atoms with Crippen molar-refractivity contribution in [3.8, 4) is 0 Å². The van der Waals surface area contributed by atoms with Crippen molar-refractivity contribution >= 4 is 5.97 Å². The summed E-state index contributed by atoms with van der Waals surface area (Å²) in [5.74, 6) is -2.67. The molecule has 0 aromatic rings. The molecule has 0 unspecified atom stereocenters. The highest BCUT2D eigenvalue weighted by atomic mass is 19.1. The second kappa shape index (κ2) is 3.82. The third-order valence-electron chi connectivity index (χ3n) is 0.767. The second-order valence-corrected chi connectivity index (χ2v) is 2.06. The van der Waals surface area contributed by atoms with Gasteiger partial charge in [-0.15, -0.1) is 0 Å². The lowest BCUT2D eigenvalue weighted by atomic mass is 10.3. The van der Waals surface area contributed by atoms with Crippen LogP contribution in [-0.4, -0.2) is 11.1 Å². The van der Waals surface area contributed by atoms with Gasteiger partial charge < -0.3 is 5.11 Å². The van der Waals surface area contributed by atoms with Crippen LogP contribution in [0.3, 0.4) is 0 Å². The molecule has 0 heterocycles. The smallest absolute Gasteiger partial charge is 0.364 e. The molecule has 0 spiro atoms. The average Bonchev–Trinajstić information content (AvgIpc) is 1.82. The first-order chi connectivity index (χ1) is 4.54. The Morgan fingerprint density at radius 1 is 1.40 bits per heavy atom. The Bertz CT molecular complexity index is 188. The molecule has 2 nitrogen and oxygen atoms in total. The number of hydrogen-bond acceptors (Lipinski definition) is 1. The average molecular weight is 144 g/mol. The highest BCUT2D eigenvalue weighted by Crippen LogP contribution is 1.98. The molecule has 0 atom stereocenters. The second-order valence-electron chi connectivity index (χ2n) is 2.06. The molecule has 0 rings (SSSR count). The van der Waals surface area contributed by atoms with Crippen LogP contribution >= 0.6 is 0 Å². The van der Waals surface area contributed by atoms with Crippen molar-refractivity contribution in [1.29, 1.82) is 0 Å². The van der Waals surface area contributed by atoms with E-state index >= 15 is 0 Å². The maximum Gasteiger partial charge on any atom is 0.364 e. The molecule has 1 N–H and O–H groups in total. The molecule has 10 heavy (non-hydrogen) atoms. The van der Waals surface area contributed by atoms with E-state index in [1.165, 1.54) is 6.08 Å². The quantitative estimate of drug-likeness (QED) is 0.474. The van der Waals surface area contributed by atoms with E-state index in [9.17, 15) is 9.18 Å². The molecular weight excluding hydrogens is 135 g/mol. The van der Waals surface area contributed by atoms with Crippen LogP contribution in [0, 0.1) is 0 Å². The van der Waals surface area contributed by atoms with Gasteiger partial charge in [0.2, 0.25) is 5.83 Å². The van der Waals surface area contributed by atoms with Gasteiger partial charge in [-0.1, -0.05) is 11.6 Å². The van der Waals surface area contributed by atoms with E-state index in [0.717, 1.165) is 11.6 Å². The Kier molecular flexibility index (Phi) is 3.39. The van der Waals surface area contributed by atoms with Crippen molar-refractivity contribution in [3.63, 3.8) is 0 Å². The minimum absolute atomic E-state index is 0.858. The molecule has 0 aromatic carbocycles. The van der Waals surface area contributed by atoms with Crippen molar-refractivity contribution in [2.24, 2.45) is 0 Å². The van der Waals surface area contributed by atoms with Gasteiger partial charge in [0, 0.05) is 0 Å². The number of aliphatic carboxylic acids is 1. The van der Waals surface area contributed by atoms with Gasteiger partial charge in [0.25, 0.3) is 0 Å². The molecule has 0 aliphatic rings. The Morgan fingerprint density at radius 3 is 2.20 bits per heavy atom. The summed E-state index contributed by atoms with van der Waals surface area (Å²) in [5.41, 5.74) is 0.858. The summed E-state index contributed by atoms with van der Waals surface area (Å²) in [6.45, 7) is 3.51. The summed E-state index contributed by atoms with van der Waals surface area (Å²) < 4.78 is 12.1. The molecule has 56 valence electrons. The van der Waals surface area contributed by atoms with Gasteiger partial charge in [0.15, 0.2) is 0 Å². The molecule has 0 aliphatic heterocycles. The highest BCUT2D eigenvalue weighted by molar-refractivity contribution is 5.84. The molecule has 0 fully saturated rings. The monoisotopic (exact) mass is 144 g/mol. The predicted octanol–water partition coefficient (Wildman–Crippen LogP) is 1.89. The maximum atomic E-state index is 12.1. The Balaban J connectivity index is 4.19. The van der Waals surface area contributed by atoms with Crippen LogP contribution < -0.4 is 0 Å². The summed E-state index contributed by atoms with van der Waals surface area (Å²) in [6, 6.07) is 0. The fraction of sp³-hybridized carbons (Fsp3) is 0.286. The fourth-order valence-corrected chi connectivity index (χ4v) is 0.311. The van der Waals surface area contributed by atoms with Crippen LogP contribution in [0.5, 0.6) is 0 Å². The largest absolute Gasteiger partial charge is 0.476 e. The van der Waals surface area contributed by atoms with Crippen molar-refractivity contribution in [1.82, 2.24) is 0 Å². The third kappa shape index (κ3) is 3.83. The first-order valence-corrected chi connectivity index (χ1v) is 2.78. The molecule has 0 radical (unpaired) electrons. The summed E-state index contributed by atoms with van der Waals surface area (Å²) in [5, 5.41) is 8.02. The summed E-state index contributed by atoms with van der Waals surface area (Å²) >= 11 is 0. The van der Waals surface area contributed by atoms with E-state index in [4.69, 9.17) is 5.11 Å². The number of hydrogen-bond donors (Lipinski definition) is 1. The van der Waals surface area contributed by atoms with Gasteiger partial charge in [0.05, 0.1) is 0 Å². The van der Waals surface area contributed by atoms with Gasteiger partial charge >= 0.3 is 5.97 Å². The zero-order valence-corrected chi connectivity index (χ0v) is 5.89. The van der Waals surface area contributed by atoms with Crippen LogP contribution in [-0.2, 0) is 4.79 Å². The van der Waals surface area contributed by atoms with Gasteiger partial charge in [-0.25, -0.2) is 4.79 Å². The van der Waals surface area contributed by atoms with Crippen LogP contribution in [0.25, 0.3) is 0 Å². The third-order valence-corrected chi connectivity index (χ3v) is 0.767. The highest BCUT2D eigenvalue weighted by Gasteiger charge is 2.01. The minimum atomic E-state index is -1.53. The van der Waals surface area contributed by atoms with Crippen LogP contribution in [0.1, 0.15) is 13.8 Å². The molecular formula is C7H9FO2. The number of halogens is 1. The van der Waals surface area contributed by atoms with Crippen molar-refractivity contribution < 1.29 is 14.3 Å². The van der Waals surface area contributed by atoms with E-state index in [0.29, 0.717) is 0 Å². The Morgan fingerprint density at radius 2 is 1.90 bits per heavy atom. The fourth-order valence-electron chi connectivity index (χ4n) is 0.311. The van der Waals surface area contributed by atoms with Gasteiger partial charge in [0.1, 0.15) is 0 Å². The van der Waals surface area contributed by atoms with E-state index in [2.05, 4.69) is 0 Å². The van der Waals surface area contributed by atoms with E-state index in [-0.39, 0.29) is 0 Å². The van der Waals surface area contributed by atoms with Crippen molar-refractivity contribution in [2.75, 3.05) is 0 Å². The van der Waals surface area contributed by atoms with Gasteiger partial charge in [-0.3, -0.25) is 0 Å². The normalized spacial score (nSPS) is 10.9. The Labute approximate surface area is 58.7 Å². The molecule has 0 saturated carbocycles. The first-order valence-electron chi connectivity index (χ1n) is 2.78. The number of carboxylic acids is 1. The van der Waals surface area contributed by atoms with Crippen LogP contribution in [0.2, 0.25) is 0 Å². The van der Waals surface area contributed by atoms with Crippen molar-refractivity contribution in [2.45, 2.75) is 13.8 Å². The summed E-state index contributed by atoms with van der Waals surface area (Å²) in [7, 11) is 0. The summed E-state index contributed by atoms with van der Waals surface area (Å²) in [6.07, 6.45) is 2.33. The van der Waals surface area contributed by atoms with E-state index < -0.39 is 11.8 Å². The van der Waals surface area contributed by atoms with Gasteiger partial charge in [-0.05, 0) is 19.9 Å². The lowest BCUT2D eigenvalue weighted by Gasteiger charge is -1.84. The molecule has 0 aromatic heterocycles. The SMILES string of the molecule is CC(C)=C/C=C(\F)C(=O)O. The topological polar surface area (TPSA) is 37.3 Å². The number of allylic oxidation sites excluding steroid dienone is 3. The first kappa shape index (κ1) is 8.88. The number of carboxylic acid groups (broad SMARTS) is 1. The van der Waals surface area contributed by atoms with Crippen molar-refractivity contribution in [3.05, 3.63) is 23.6 Å². The maximum absolute atomic E-state index is 12.1. The van der Waals surface area contributed by atoms with Crippen LogP contribution in [0.15, 0.2) is 23.6 Å². The lowest BCUT2D eigenvalue weighted by molar-refractivity contribution is -0.134. The predicted molar refractivity (Wildman–Crippen MR) is 36.3 cm³/mol.